The molecule has 2 N–H and O–H groups in total. The van der Waals surface area contributed by atoms with Gasteiger partial charge in [0, 0.05) is 16.8 Å². The molecule has 2 aromatic rings. The summed E-state index contributed by atoms with van der Waals surface area (Å²) in [6.07, 6.45) is 5.12. The number of nitrogens with zero attached hydrogens (tertiary/aromatic N) is 1. The van der Waals surface area contributed by atoms with Gasteiger partial charge in [-0.15, -0.1) is 29.3 Å². The third-order valence-corrected chi connectivity index (χ3v) is 6.42. The molecule has 0 saturated carbocycles. The quantitative estimate of drug-likeness (QED) is 0.427. The highest BCUT2D eigenvalue weighted by molar-refractivity contribution is 7.17. The second kappa shape index (κ2) is 10.5. The van der Waals surface area contributed by atoms with Crippen molar-refractivity contribution < 1.29 is 23.9 Å². The summed E-state index contributed by atoms with van der Waals surface area (Å²) >= 11 is 2.65. The first-order valence-corrected chi connectivity index (χ1v) is 11.7. The minimum atomic E-state index is -0.692. The van der Waals surface area contributed by atoms with Gasteiger partial charge in [0.1, 0.15) is 5.00 Å². The maximum absolute atomic E-state index is 12.6. The number of fused-ring (bicyclic) bond motifs is 1. The SMILES string of the molecule is C=CCNc1nc(C(=O)OCC(=O)Nc2sc3c(c2C(=O)OC(C)C)CCCC3)cs1. The molecule has 1 aliphatic carbocycles. The molecule has 0 saturated heterocycles. The molecule has 166 valence electrons. The molecule has 0 aliphatic heterocycles. The number of rotatable bonds is 9. The Morgan fingerprint density at radius 2 is 2.03 bits per heavy atom. The first-order chi connectivity index (χ1) is 14.9. The lowest BCUT2D eigenvalue weighted by molar-refractivity contribution is -0.119. The fourth-order valence-electron chi connectivity index (χ4n) is 3.12. The summed E-state index contributed by atoms with van der Waals surface area (Å²) in [6.45, 7) is 7.21. The van der Waals surface area contributed by atoms with E-state index >= 15 is 0 Å². The van der Waals surface area contributed by atoms with Gasteiger partial charge in [0.05, 0.1) is 11.7 Å². The van der Waals surface area contributed by atoms with Gasteiger partial charge in [-0.05, 0) is 45.1 Å². The predicted molar refractivity (Wildman–Crippen MR) is 121 cm³/mol. The van der Waals surface area contributed by atoms with Crippen molar-refractivity contribution in [2.75, 3.05) is 23.8 Å². The summed E-state index contributed by atoms with van der Waals surface area (Å²) in [4.78, 5) is 42.5. The number of anilines is 2. The Kier molecular flexibility index (Phi) is 7.80. The van der Waals surface area contributed by atoms with Crippen LogP contribution in [0.2, 0.25) is 0 Å². The fourth-order valence-corrected chi connectivity index (χ4v) is 5.10. The van der Waals surface area contributed by atoms with Crippen molar-refractivity contribution in [2.45, 2.75) is 45.6 Å². The highest BCUT2D eigenvalue weighted by Gasteiger charge is 2.28. The molecule has 0 fully saturated rings. The number of nitrogens with one attached hydrogen (secondary N) is 2. The van der Waals surface area contributed by atoms with Gasteiger partial charge in [-0.25, -0.2) is 14.6 Å². The molecule has 0 unspecified atom stereocenters. The second-order valence-electron chi connectivity index (χ2n) is 7.20. The molecule has 0 bridgehead atoms. The number of esters is 2. The number of hydrogen-bond donors (Lipinski definition) is 2. The van der Waals surface area contributed by atoms with Gasteiger partial charge in [-0.3, -0.25) is 4.79 Å². The van der Waals surface area contributed by atoms with Crippen LogP contribution < -0.4 is 10.6 Å². The highest BCUT2D eigenvalue weighted by Crippen LogP contribution is 2.38. The molecule has 0 radical (unpaired) electrons. The Morgan fingerprint density at radius 1 is 1.26 bits per heavy atom. The van der Waals surface area contributed by atoms with Crippen LogP contribution in [0.25, 0.3) is 0 Å². The van der Waals surface area contributed by atoms with Crippen molar-refractivity contribution in [1.82, 2.24) is 4.98 Å². The molecule has 3 rings (SSSR count). The normalized spacial score (nSPS) is 12.7. The van der Waals surface area contributed by atoms with Crippen molar-refractivity contribution in [3.8, 4) is 0 Å². The van der Waals surface area contributed by atoms with E-state index in [4.69, 9.17) is 9.47 Å². The lowest BCUT2D eigenvalue weighted by Crippen LogP contribution is -2.22. The van der Waals surface area contributed by atoms with Crippen molar-refractivity contribution in [3.05, 3.63) is 39.7 Å². The van der Waals surface area contributed by atoms with Crippen LogP contribution >= 0.6 is 22.7 Å². The van der Waals surface area contributed by atoms with Gasteiger partial charge in [0.15, 0.2) is 17.4 Å². The minimum Gasteiger partial charge on any atom is -0.459 e. The number of hydrogen-bond acceptors (Lipinski definition) is 9. The average molecular weight is 464 g/mol. The molecular weight excluding hydrogens is 438 g/mol. The van der Waals surface area contributed by atoms with E-state index in [1.807, 2.05) is 0 Å². The van der Waals surface area contributed by atoms with Gasteiger partial charge in [-0.1, -0.05) is 6.08 Å². The minimum absolute atomic E-state index is 0.122. The number of carbonyl (C=O) groups is 3. The summed E-state index contributed by atoms with van der Waals surface area (Å²) < 4.78 is 10.5. The predicted octanol–water partition coefficient (Wildman–Crippen LogP) is 4.04. The van der Waals surface area contributed by atoms with Crippen molar-refractivity contribution in [1.29, 1.82) is 0 Å². The van der Waals surface area contributed by atoms with E-state index in [-0.39, 0.29) is 11.8 Å². The molecule has 0 atom stereocenters. The number of aryl methyl sites for hydroxylation is 1. The molecule has 2 aromatic heterocycles. The van der Waals surface area contributed by atoms with E-state index in [1.54, 1.807) is 25.3 Å². The zero-order chi connectivity index (χ0) is 22.4. The average Bonchev–Trinajstić information content (AvgIpc) is 3.34. The maximum atomic E-state index is 12.6. The van der Waals surface area contributed by atoms with E-state index in [0.717, 1.165) is 36.1 Å². The molecule has 2 heterocycles. The third kappa shape index (κ3) is 5.92. The molecule has 8 nitrogen and oxygen atoms in total. The molecule has 10 heteroatoms. The lowest BCUT2D eigenvalue weighted by atomic mass is 9.95. The van der Waals surface area contributed by atoms with E-state index in [0.29, 0.717) is 22.2 Å². The van der Waals surface area contributed by atoms with Crippen molar-refractivity contribution in [2.24, 2.45) is 0 Å². The Bertz CT molecular complexity index is 980. The van der Waals surface area contributed by atoms with E-state index in [2.05, 4.69) is 22.2 Å². The second-order valence-corrected chi connectivity index (χ2v) is 9.16. The smallest absolute Gasteiger partial charge is 0.358 e. The van der Waals surface area contributed by atoms with Crippen LogP contribution in [0, 0.1) is 0 Å². The standard InChI is InChI=1S/C21H25N3O5S2/c1-4-9-22-21-23-14(11-30-21)19(26)28-10-16(25)24-18-17(20(27)29-12(2)3)13-7-5-6-8-15(13)31-18/h4,11-12H,1,5-10H2,2-3H3,(H,22,23)(H,24,25). The monoisotopic (exact) mass is 463 g/mol. The Balaban J connectivity index is 1.64. The van der Waals surface area contributed by atoms with Crippen LogP contribution in [0.15, 0.2) is 18.0 Å². The molecular formula is C21H25N3O5S2. The Morgan fingerprint density at radius 3 is 2.77 bits per heavy atom. The number of thiazole rings is 1. The van der Waals surface area contributed by atoms with Crippen LogP contribution in [0.4, 0.5) is 10.1 Å². The molecule has 1 amide bonds. The zero-order valence-corrected chi connectivity index (χ0v) is 19.1. The van der Waals surface area contributed by atoms with E-state index in [9.17, 15) is 14.4 Å². The molecule has 0 spiro atoms. The Hall–Kier alpha value is -2.72. The van der Waals surface area contributed by atoms with Gasteiger partial charge in [0.25, 0.3) is 5.91 Å². The van der Waals surface area contributed by atoms with Crippen LogP contribution in [-0.4, -0.2) is 42.1 Å². The summed E-state index contributed by atoms with van der Waals surface area (Å²) in [5.41, 5.74) is 1.50. The summed E-state index contributed by atoms with van der Waals surface area (Å²) in [5, 5.41) is 8.27. The number of amides is 1. The number of aromatic nitrogens is 1. The van der Waals surface area contributed by atoms with Crippen LogP contribution in [0.5, 0.6) is 0 Å². The molecule has 1 aliphatic rings. The fraction of sp³-hybridized carbons (Fsp3) is 0.429. The molecule has 0 aromatic carbocycles. The number of carbonyl (C=O) groups excluding carboxylic acids is 3. The molecule has 31 heavy (non-hydrogen) atoms. The van der Waals surface area contributed by atoms with Crippen LogP contribution in [-0.2, 0) is 27.1 Å². The van der Waals surface area contributed by atoms with Crippen molar-refractivity contribution >= 4 is 50.7 Å². The summed E-state index contributed by atoms with van der Waals surface area (Å²) in [7, 11) is 0. The van der Waals surface area contributed by atoms with Gasteiger partial charge in [-0.2, -0.15) is 0 Å². The van der Waals surface area contributed by atoms with Crippen molar-refractivity contribution in [3.63, 3.8) is 0 Å². The zero-order valence-electron chi connectivity index (χ0n) is 17.5. The van der Waals surface area contributed by atoms with Gasteiger partial charge >= 0.3 is 11.9 Å². The van der Waals surface area contributed by atoms with E-state index in [1.165, 1.54) is 22.7 Å². The van der Waals surface area contributed by atoms with Gasteiger partial charge in [0.2, 0.25) is 0 Å². The number of ether oxygens (including phenoxy) is 2. The lowest BCUT2D eigenvalue weighted by Gasteiger charge is -2.14. The van der Waals surface area contributed by atoms with Crippen LogP contribution in [0.1, 0.15) is 58.0 Å². The highest BCUT2D eigenvalue weighted by atomic mass is 32.1. The first kappa shape index (κ1) is 23.0. The summed E-state index contributed by atoms with van der Waals surface area (Å²) in [5.74, 6) is -1.66. The Labute approximate surface area is 188 Å². The van der Waals surface area contributed by atoms with E-state index < -0.39 is 24.5 Å². The maximum Gasteiger partial charge on any atom is 0.358 e. The first-order valence-electron chi connectivity index (χ1n) is 10.0. The van der Waals surface area contributed by atoms with Gasteiger partial charge < -0.3 is 20.1 Å². The largest absolute Gasteiger partial charge is 0.459 e. The number of thiophene rings is 1. The third-order valence-electron chi connectivity index (χ3n) is 4.42. The van der Waals surface area contributed by atoms with Crippen LogP contribution in [0.3, 0.4) is 0 Å². The summed E-state index contributed by atoms with van der Waals surface area (Å²) in [6, 6.07) is 0. The topological polar surface area (TPSA) is 107 Å².